The molecule has 0 radical (unpaired) electrons. The first-order chi connectivity index (χ1) is 23.7. The van der Waals surface area contributed by atoms with Gasteiger partial charge in [-0.3, -0.25) is 0 Å². The molecule has 1 N–H and O–H groups in total. The number of hydrogen-bond acceptors (Lipinski definition) is 5. The SMILES string of the molecule is c1ccc(N2CCC(CN3CCC4(CCCCC4)CC3)CC2)cc1.c1ccc(N2CCC(CN3CCC4(CCNCC4)CC3)CC2)cc1. The highest BCUT2D eigenvalue weighted by Gasteiger charge is 2.37. The number of likely N-dealkylation sites (tertiary alicyclic amines) is 2. The van der Waals surface area contributed by atoms with Crippen LogP contribution < -0.4 is 15.1 Å². The van der Waals surface area contributed by atoms with Gasteiger partial charge in [0.15, 0.2) is 0 Å². The third kappa shape index (κ3) is 9.17. The molecule has 1 saturated carbocycles. The van der Waals surface area contributed by atoms with Gasteiger partial charge in [-0.15, -0.1) is 0 Å². The molecule has 0 atom stereocenters. The predicted molar refractivity (Wildman–Crippen MR) is 204 cm³/mol. The van der Waals surface area contributed by atoms with Crippen molar-refractivity contribution < 1.29 is 0 Å². The quantitative estimate of drug-likeness (QED) is 0.338. The zero-order valence-electron chi connectivity index (χ0n) is 30.3. The number of hydrogen-bond donors (Lipinski definition) is 1. The molecule has 6 aliphatic rings. The molecule has 5 nitrogen and oxygen atoms in total. The summed E-state index contributed by atoms with van der Waals surface area (Å²) in [5, 5.41) is 3.53. The van der Waals surface area contributed by atoms with E-state index in [4.69, 9.17) is 0 Å². The van der Waals surface area contributed by atoms with E-state index < -0.39 is 0 Å². The van der Waals surface area contributed by atoms with Gasteiger partial charge >= 0.3 is 0 Å². The van der Waals surface area contributed by atoms with Gasteiger partial charge in [0.05, 0.1) is 0 Å². The minimum absolute atomic E-state index is 0.693. The van der Waals surface area contributed by atoms with Gasteiger partial charge in [0.2, 0.25) is 0 Å². The summed E-state index contributed by atoms with van der Waals surface area (Å²) < 4.78 is 0. The lowest BCUT2D eigenvalue weighted by atomic mass is 9.68. The normalized spacial score (nSPS) is 25.9. The van der Waals surface area contributed by atoms with Crippen LogP contribution in [0.25, 0.3) is 0 Å². The minimum Gasteiger partial charge on any atom is -0.372 e. The molecule has 5 heteroatoms. The van der Waals surface area contributed by atoms with Crippen LogP contribution in [0, 0.1) is 22.7 Å². The van der Waals surface area contributed by atoms with E-state index in [1.54, 1.807) is 0 Å². The fraction of sp³-hybridized carbons (Fsp3) is 0.721. The molecule has 264 valence electrons. The first kappa shape index (κ1) is 34.4. The van der Waals surface area contributed by atoms with E-state index in [-0.39, 0.29) is 0 Å². The van der Waals surface area contributed by atoms with Crippen molar-refractivity contribution in [2.45, 2.75) is 96.3 Å². The van der Waals surface area contributed by atoms with Crippen LogP contribution in [0.3, 0.4) is 0 Å². The van der Waals surface area contributed by atoms with Crippen LogP contribution in [0.2, 0.25) is 0 Å². The van der Waals surface area contributed by atoms with Crippen LogP contribution >= 0.6 is 0 Å². The largest absolute Gasteiger partial charge is 0.372 e. The molecular weight excluding hydrogens is 587 g/mol. The van der Waals surface area contributed by atoms with Gasteiger partial charge in [-0.25, -0.2) is 0 Å². The molecule has 0 amide bonds. The summed E-state index contributed by atoms with van der Waals surface area (Å²) in [4.78, 5) is 10.7. The van der Waals surface area contributed by atoms with Crippen molar-refractivity contribution in [2.24, 2.45) is 22.7 Å². The Bertz CT molecular complexity index is 1070. The van der Waals surface area contributed by atoms with Crippen LogP contribution in [-0.4, -0.2) is 88.3 Å². The van der Waals surface area contributed by atoms with E-state index >= 15 is 0 Å². The number of benzene rings is 2. The minimum atomic E-state index is 0.693. The molecule has 1 aliphatic carbocycles. The molecule has 8 rings (SSSR count). The monoisotopic (exact) mass is 654 g/mol. The standard InChI is InChI=1S/C22H34N2.C21H33N3/c1-3-7-21(8-4-1)24-15-9-20(10-16-24)19-23-17-13-22(14-18-23)11-5-2-6-12-22;1-2-4-20(5-3-1)24-14-6-19(7-15-24)18-23-16-10-21(11-17-23)8-12-22-13-9-21/h1,3-4,7-8,20H,2,5-6,9-19H2;1-5,19,22H,6-18H2. The van der Waals surface area contributed by atoms with Crippen molar-refractivity contribution in [3.63, 3.8) is 0 Å². The molecule has 0 unspecified atom stereocenters. The summed E-state index contributed by atoms with van der Waals surface area (Å²) >= 11 is 0. The second-order valence-electron chi connectivity index (χ2n) is 16.9. The summed E-state index contributed by atoms with van der Waals surface area (Å²) in [5.74, 6) is 1.83. The lowest BCUT2D eigenvalue weighted by Crippen LogP contribution is -2.47. The molecule has 5 saturated heterocycles. The van der Waals surface area contributed by atoms with Crippen LogP contribution in [0.15, 0.2) is 60.7 Å². The fourth-order valence-electron chi connectivity index (χ4n) is 10.4. The smallest absolute Gasteiger partial charge is 0.0366 e. The molecule has 2 spiro atoms. The van der Waals surface area contributed by atoms with Crippen molar-refractivity contribution in [3.8, 4) is 0 Å². The molecular formula is C43H67N5. The summed E-state index contributed by atoms with van der Waals surface area (Å²) in [7, 11) is 0. The van der Waals surface area contributed by atoms with Gasteiger partial charge in [-0.2, -0.15) is 0 Å². The van der Waals surface area contributed by atoms with Crippen molar-refractivity contribution >= 4 is 11.4 Å². The number of nitrogens with one attached hydrogen (secondary N) is 1. The Hall–Kier alpha value is -2.08. The zero-order valence-corrected chi connectivity index (χ0v) is 30.3. The van der Waals surface area contributed by atoms with E-state index in [9.17, 15) is 0 Å². The molecule has 5 aliphatic heterocycles. The average Bonchev–Trinajstić information content (AvgIpc) is 3.16. The molecule has 2 aromatic carbocycles. The van der Waals surface area contributed by atoms with Crippen molar-refractivity contribution in [3.05, 3.63) is 60.7 Å². The van der Waals surface area contributed by atoms with E-state index in [1.807, 2.05) is 0 Å². The van der Waals surface area contributed by atoms with E-state index in [2.05, 4.69) is 85.6 Å². The number of rotatable bonds is 6. The Morgan fingerprint density at radius 2 is 0.854 bits per heavy atom. The van der Waals surface area contributed by atoms with Gasteiger partial charge in [-0.1, -0.05) is 55.7 Å². The Kier molecular flexibility index (Phi) is 12.0. The fourth-order valence-corrected chi connectivity index (χ4v) is 10.4. The second-order valence-corrected chi connectivity index (χ2v) is 16.9. The highest BCUT2D eigenvalue weighted by molar-refractivity contribution is 5.47. The third-order valence-electron chi connectivity index (χ3n) is 13.9. The van der Waals surface area contributed by atoms with Crippen LogP contribution in [0.1, 0.15) is 96.3 Å². The number of para-hydroxylation sites is 2. The molecule has 48 heavy (non-hydrogen) atoms. The first-order valence-corrected chi connectivity index (χ1v) is 20.4. The molecule has 6 fully saturated rings. The van der Waals surface area contributed by atoms with Crippen molar-refractivity contribution in [1.82, 2.24) is 15.1 Å². The molecule has 5 heterocycles. The maximum absolute atomic E-state index is 3.53. The highest BCUT2D eigenvalue weighted by atomic mass is 15.2. The Morgan fingerprint density at radius 1 is 0.458 bits per heavy atom. The highest BCUT2D eigenvalue weighted by Crippen LogP contribution is 2.45. The Morgan fingerprint density at radius 3 is 1.27 bits per heavy atom. The summed E-state index contributed by atoms with van der Waals surface area (Å²) in [6, 6.07) is 21.9. The van der Waals surface area contributed by atoms with E-state index in [0.29, 0.717) is 5.41 Å². The number of anilines is 2. The Labute approximate surface area is 293 Å². The number of piperidine rings is 5. The summed E-state index contributed by atoms with van der Waals surface area (Å²) in [5.41, 5.74) is 4.26. The molecule has 2 aromatic rings. The van der Waals surface area contributed by atoms with E-state index in [0.717, 1.165) is 17.3 Å². The maximum atomic E-state index is 3.53. The zero-order chi connectivity index (χ0) is 32.5. The van der Waals surface area contributed by atoms with Gasteiger partial charge in [0.1, 0.15) is 0 Å². The lowest BCUT2D eigenvalue weighted by Gasteiger charge is -2.45. The predicted octanol–water partition coefficient (Wildman–Crippen LogP) is 8.32. The van der Waals surface area contributed by atoms with Crippen LogP contribution in [-0.2, 0) is 0 Å². The van der Waals surface area contributed by atoms with E-state index in [1.165, 1.54) is 186 Å². The van der Waals surface area contributed by atoms with Crippen LogP contribution in [0.5, 0.6) is 0 Å². The van der Waals surface area contributed by atoms with Gasteiger partial charge in [-0.05, 0) is 163 Å². The van der Waals surface area contributed by atoms with Crippen molar-refractivity contribution in [1.29, 1.82) is 0 Å². The number of nitrogens with zero attached hydrogens (tertiary/aromatic N) is 4. The lowest BCUT2D eigenvalue weighted by molar-refractivity contribution is 0.0575. The topological polar surface area (TPSA) is 25.0 Å². The molecule has 0 aromatic heterocycles. The van der Waals surface area contributed by atoms with Gasteiger partial charge in [0, 0.05) is 50.6 Å². The van der Waals surface area contributed by atoms with Crippen LogP contribution in [0.4, 0.5) is 11.4 Å². The van der Waals surface area contributed by atoms with Gasteiger partial charge < -0.3 is 24.9 Å². The third-order valence-corrected chi connectivity index (χ3v) is 13.9. The maximum Gasteiger partial charge on any atom is 0.0366 e. The summed E-state index contributed by atoms with van der Waals surface area (Å²) in [6.45, 7) is 15.6. The van der Waals surface area contributed by atoms with Crippen molar-refractivity contribution in [2.75, 3.05) is 88.3 Å². The van der Waals surface area contributed by atoms with Gasteiger partial charge in [0.25, 0.3) is 0 Å². The second kappa shape index (κ2) is 16.8. The average molecular weight is 654 g/mol. The molecule has 0 bridgehead atoms. The first-order valence-electron chi connectivity index (χ1n) is 20.4. The summed E-state index contributed by atoms with van der Waals surface area (Å²) in [6.07, 6.45) is 21.7. The Balaban J connectivity index is 0.000000152.